The number of thioether (sulfide) groups is 1. The normalized spacial score (nSPS) is 17.0. The van der Waals surface area contributed by atoms with Gasteiger partial charge in [-0.15, -0.1) is 11.8 Å². The van der Waals surface area contributed by atoms with Gasteiger partial charge in [-0.3, -0.25) is 0 Å². The summed E-state index contributed by atoms with van der Waals surface area (Å²) in [5.74, 6) is -0.0681. The van der Waals surface area contributed by atoms with Gasteiger partial charge in [0.1, 0.15) is 11.6 Å². The SMILES string of the molecule is Fc1cc(F)cc(SCCCN2CCCCC2)c1. The van der Waals surface area contributed by atoms with E-state index in [2.05, 4.69) is 4.90 Å². The van der Waals surface area contributed by atoms with Crippen LogP contribution in [-0.2, 0) is 0 Å². The highest BCUT2D eigenvalue weighted by Crippen LogP contribution is 2.21. The Balaban J connectivity index is 1.68. The van der Waals surface area contributed by atoms with Gasteiger partial charge < -0.3 is 4.90 Å². The number of hydrogen-bond donors (Lipinski definition) is 0. The molecular formula is C14H19F2NS. The maximum atomic E-state index is 13.0. The van der Waals surface area contributed by atoms with Gasteiger partial charge in [0, 0.05) is 11.0 Å². The monoisotopic (exact) mass is 271 g/mol. The van der Waals surface area contributed by atoms with Crippen molar-refractivity contribution in [1.82, 2.24) is 4.90 Å². The molecule has 0 aromatic heterocycles. The summed E-state index contributed by atoms with van der Waals surface area (Å²) in [4.78, 5) is 3.17. The van der Waals surface area contributed by atoms with Crippen LogP contribution in [0.25, 0.3) is 0 Å². The van der Waals surface area contributed by atoms with E-state index < -0.39 is 11.6 Å². The number of hydrogen-bond acceptors (Lipinski definition) is 2. The van der Waals surface area contributed by atoms with Gasteiger partial charge in [-0.05, 0) is 56.8 Å². The number of likely N-dealkylation sites (tertiary alicyclic amines) is 1. The molecule has 1 saturated heterocycles. The molecule has 1 aromatic carbocycles. The minimum atomic E-state index is -0.492. The minimum Gasteiger partial charge on any atom is -0.303 e. The Morgan fingerprint density at radius 1 is 1.00 bits per heavy atom. The molecule has 0 aliphatic carbocycles. The van der Waals surface area contributed by atoms with E-state index in [0.717, 1.165) is 24.8 Å². The van der Waals surface area contributed by atoms with Gasteiger partial charge >= 0.3 is 0 Å². The highest BCUT2D eigenvalue weighted by Gasteiger charge is 2.09. The molecule has 1 fully saturated rings. The Labute approximate surface area is 112 Å². The van der Waals surface area contributed by atoms with Gasteiger partial charge in [-0.2, -0.15) is 0 Å². The topological polar surface area (TPSA) is 3.24 Å². The van der Waals surface area contributed by atoms with Crippen LogP contribution in [0.3, 0.4) is 0 Å². The van der Waals surface area contributed by atoms with E-state index >= 15 is 0 Å². The molecule has 0 amide bonds. The smallest absolute Gasteiger partial charge is 0.127 e. The molecule has 1 aliphatic heterocycles. The summed E-state index contributed by atoms with van der Waals surface area (Å²) in [6, 6.07) is 3.71. The van der Waals surface area contributed by atoms with Gasteiger partial charge in [0.05, 0.1) is 0 Å². The quantitative estimate of drug-likeness (QED) is 0.589. The first kappa shape index (κ1) is 13.8. The van der Waals surface area contributed by atoms with Crippen LogP contribution in [0.5, 0.6) is 0 Å². The van der Waals surface area contributed by atoms with E-state index in [1.165, 1.54) is 56.2 Å². The number of halogens is 2. The molecule has 18 heavy (non-hydrogen) atoms. The summed E-state index contributed by atoms with van der Waals surface area (Å²) in [7, 11) is 0. The molecule has 1 aromatic rings. The van der Waals surface area contributed by atoms with Crippen LogP contribution in [0.15, 0.2) is 23.1 Å². The molecule has 100 valence electrons. The fraction of sp³-hybridized carbons (Fsp3) is 0.571. The predicted molar refractivity (Wildman–Crippen MR) is 72.0 cm³/mol. The second-order valence-corrected chi connectivity index (χ2v) is 5.88. The molecule has 0 bridgehead atoms. The predicted octanol–water partition coefficient (Wildman–Crippen LogP) is 3.93. The summed E-state index contributed by atoms with van der Waals surface area (Å²) in [5.41, 5.74) is 0. The molecule has 1 aliphatic rings. The summed E-state index contributed by atoms with van der Waals surface area (Å²) < 4.78 is 25.9. The molecule has 0 unspecified atom stereocenters. The molecule has 0 atom stereocenters. The first-order valence-electron chi connectivity index (χ1n) is 6.55. The molecule has 0 spiro atoms. The van der Waals surface area contributed by atoms with Crippen molar-refractivity contribution < 1.29 is 8.78 Å². The second-order valence-electron chi connectivity index (χ2n) is 4.71. The van der Waals surface area contributed by atoms with Crippen molar-refractivity contribution in [2.75, 3.05) is 25.4 Å². The number of nitrogens with zero attached hydrogens (tertiary/aromatic N) is 1. The largest absolute Gasteiger partial charge is 0.303 e. The summed E-state index contributed by atoms with van der Waals surface area (Å²) in [6.07, 6.45) is 5.04. The lowest BCUT2D eigenvalue weighted by molar-refractivity contribution is 0.230. The van der Waals surface area contributed by atoms with Crippen molar-refractivity contribution in [3.63, 3.8) is 0 Å². The third kappa shape index (κ3) is 4.58. The number of piperidine rings is 1. The average molecular weight is 271 g/mol. The van der Waals surface area contributed by atoms with Gasteiger partial charge in [0.15, 0.2) is 0 Å². The fourth-order valence-electron chi connectivity index (χ4n) is 2.27. The zero-order chi connectivity index (χ0) is 12.8. The Hall–Kier alpha value is -0.610. The van der Waals surface area contributed by atoms with E-state index in [9.17, 15) is 8.78 Å². The summed E-state index contributed by atoms with van der Waals surface area (Å²) in [6.45, 7) is 3.52. The highest BCUT2D eigenvalue weighted by molar-refractivity contribution is 7.99. The van der Waals surface area contributed by atoms with E-state index in [1.54, 1.807) is 0 Å². The van der Waals surface area contributed by atoms with Crippen LogP contribution in [0.2, 0.25) is 0 Å². The van der Waals surface area contributed by atoms with Gasteiger partial charge in [-0.1, -0.05) is 6.42 Å². The zero-order valence-electron chi connectivity index (χ0n) is 10.5. The second kappa shape index (κ2) is 7.10. The van der Waals surface area contributed by atoms with Crippen molar-refractivity contribution in [3.8, 4) is 0 Å². The van der Waals surface area contributed by atoms with Crippen LogP contribution in [0.4, 0.5) is 8.78 Å². The van der Waals surface area contributed by atoms with Gasteiger partial charge in [-0.25, -0.2) is 8.78 Å². The first-order valence-corrected chi connectivity index (χ1v) is 7.54. The molecule has 2 rings (SSSR count). The van der Waals surface area contributed by atoms with Crippen LogP contribution in [-0.4, -0.2) is 30.3 Å². The Morgan fingerprint density at radius 2 is 1.67 bits per heavy atom. The molecule has 1 nitrogen and oxygen atoms in total. The van der Waals surface area contributed by atoms with Crippen molar-refractivity contribution in [2.45, 2.75) is 30.6 Å². The van der Waals surface area contributed by atoms with Crippen LogP contribution < -0.4 is 0 Å². The molecule has 0 N–H and O–H groups in total. The van der Waals surface area contributed by atoms with Crippen molar-refractivity contribution in [1.29, 1.82) is 0 Å². The van der Waals surface area contributed by atoms with Crippen LogP contribution in [0.1, 0.15) is 25.7 Å². The highest BCUT2D eigenvalue weighted by atomic mass is 32.2. The lowest BCUT2D eigenvalue weighted by Crippen LogP contribution is -2.30. The maximum absolute atomic E-state index is 13.0. The molecule has 4 heteroatoms. The molecule has 0 radical (unpaired) electrons. The Bertz CT molecular complexity index is 358. The lowest BCUT2D eigenvalue weighted by atomic mass is 10.1. The van der Waals surface area contributed by atoms with Gasteiger partial charge in [0.2, 0.25) is 0 Å². The van der Waals surface area contributed by atoms with Crippen LogP contribution >= 0.6 is 11.8 Å². The minimum absolute atomic E-state index is 0.492. The summed E-state index contributed by atoms with van der Waals surface area (Å²) in [5, 5.41) is 0. The third-order valence-corrected chi connectivity index (χ3v) is 4.23. The van der Waals surface area contributed by atoms with E-state index in [4.69, 9.17) is 0 Å². The lowest BCUT2D eigenvalue weighted by Gasteiger charge is -2.26. The van der Waals surface area contributed by atoms with E-state index in [-0.39, 0.29) is 0 Å². The Kier molecular flexibility index (Phi) is 5.45. The molecular weight excluding hydrogens is 252 g/mol. The standard InChI is InChI=1S/C14H19F2NS/c15-12-9-13(16)11-14(10-12)18-8-4-7-17-5-2-1-3-6-17/h9-11H,1-8H2. The van der Waals surface area contributed by atoms with E-state index in [0.29, 0.717) is 4.90 Å². The number of rotatable bonds is 5. The fourth-order valence-corrected chi connectivity index (χ4v) is 3.17. The van der Waals surface area contributed by atoms with Gasteiger partial charge in [0.25, 0.3) is 0 Å². The average Bonchev–Trinajstić information content (AvgIpc) is 2.35. The zero-order valence-corrected chi connectivity index (χ0v) is 11.3. The summed E-state index contributed by atoms with van der Waals surface area (Å²) >= 11 is 1.53. The van der Waals surface area contributed by atoms with Crippen molar-refractivity contribution in [2.24, 2.45) is 0 Å². The van der Waals surface area contributed by atoms with E-state index in [1.807, 2.05) is 0 Å². The third-order valence-electron chi connectivity index (χ3n) is 3.17. The number of benzene rings is 1. The van der Waals surface area contributed by atoms with Crippen LogP contribution in [0, 0.1) is 11.6 Å². The maximum Gasteiger partial charge on any atom is 0.127 e. The molecule has 1 heterocycles. The van der Waals surface area contributed by atoms with Crippen molar-refractivity contribution in [3.05, 3.63) is 29.8 Å². The van der Waals surface area contributed by atoms with Crippen molar-refractivity contribution >= 4 is 11.8 Å². The Morgan fingerprint density at radius 3 is 2.33 bits per heavy atom. The first-order chi connectivity index (χ1) is 8.74. The molecule has 0 saturated carbocycles.